The molecule has 0 N–H and O–H groups in total. The third-order valence-corrected chi connectivity index (χ3v) is 5.26. The Labute approximate surface area is 244 Å². The van der Waals surface area contributed by atoms with Gasteiger partial charge in [0, 0.05) is 9.81 Å². The molecule has 0 nitrogen and oxygen atoms in total. The summed E-state index contributed by atoms with van der Waals surface area (Å²) < 4.78 is 0. The molecule has 0 saturated heterocycles. The van der Waals surface area contributed by atoms with Crippen LogP contribution in [0.5, 0.6) is 0 Å². The van der Waals surface area contributed by atoms with E-state index in [0.717, 1.165) is 12.8 Å². The molecule has 0 heterocycles. The highest BCUT2D eigenvalue weighted by atomic mass is 32.2. The van der Waals surface area contributed by atoms with Gasteiger partial charge in [-0.25, -0.2) is 0 Å². The number of rotatable bonds is 9. The number of thioether (sulfide) groups is 1. The van der Waals surface area contributed by atoms with Gasteiger partial charge in [-0.05, 0) is 62.5 Å². The van der Waals surface area contributed by atoms with E-state index < -0.39 is 0 Å². The minimum Gasteiger partial charge on any atom is -0.0991 e. The first-order chi connectivity index (χ1) is 18.5. The molecular weight excluding hydrogens is 476 g/mol. The van der Waals surface area contributed by atoms with Crippen LogP contribution in [0, 0.1) is 0 Å². The molecule has 0 bridgehead atoms. The zero-order chi connectivity index (χ0) is 30.8. The fourth-order valence-corrected chi connectivity index (χ4v) is 3.53. The van der Waals surface area contributed by atoms with Crippen molar-refractivity contribution in [1.82, 2.24) is 0 Å². The van der Waals surface area contributed by atoms with Gasteiger partial charge >= 0.3 is 0 Å². The topological polar surface area (TPSA) is 0 Å². The number of hydrogen-bond acceptors (Lipinski definition) is 1. The van der Waals surface area contributed by atoms with Crippen LogP contribution in [0.25, 0.3) is 0 Å². The van der Waals surface area contributed by atoms with Crippen LogP contribution in [-0.2, 0) is 0 Å². The predicted octanol–water partition coefficient (Wildman–Crippen LogP) is 13.6. The van der Waals surface area contributed by atoms with Gasteiger partial charge in [-0.3, -0.25) is 0 Å². The quantitative estimate of drug-likeness (QED) is 0.264. The monoisotopic (exact) mass is 536 g/mol. The lowest BCUT2D eigenvalue weighted by Crippen LogP contribution is -2.01. The Morgan fingerprint density at radius 2 is 1.26 bits per heavy atom. The standard InChI is InChI=1S/C15H18.C14H18S.4C2H6/c1-5-7-9-15-11-14(8-6-2)12(3)10-13(15)4;1-5-9-12-13(8-4)15-14(10-6-2)11-7-3;4*1-2/h5-9H,1-3,10-11H2,4H3;5-12H,1-2H2,3-4H3;4*1-2H3/b9-7-,14-8-;11-7-,12-9-,13-8+,14-10+;;;;. The van der Waals surface area contributed by atoms with Crippen LogP contribution in [0.3, 0.4) is 0 Å². The van der Waals surface area contributed by atoms with Gasteiger partial charge in [0.15, 0.2) is 0 Å². The van der Waals surface area contributed by atoms with E-state index in [9.17, 15) is 0 Å². The van der Waals surface area contributed by atoms with Crippen molar-refractivity contribution in [3.8, 4) is 0 Å². The van der Waals surface area contributed by atoms with E-state index in [-0.39, 0.29) is 0 Å². The van der Waals surface area contributed by atoms with Crippen LogP contribution in [-0.4, -0.2) is 0 Å². The van der Waals surface area contributed by atoms with Gasteiger partial charge in [-0.15, -0.1) is 0 Å². The van der Waals surface area contributed by atoms with Crippen molar-refractivity contribution >= 4 is 11.8 Å². The van der Waals surface area contributed by atoms with Crippen LogP contribution in [0.4, 0.5) is 0 Å². The molecule has 38 heavy (non-hydrogen) atoms. The molecule has 0 aromatic heterocycles. The Hall–Kier alpha value is -2.77. The van der Waals surface area contributed by atoms with Gasteiger partial charge in [-0.1, -0.05) is 172 Å². The lowest BCUT2D eigenvalue weighted by Gasteiger charge is -2.20. The van der Waals surface area contributed by atoms with Crippen LogP contribution in [0.1, 0.15) is 89.0 Å². The van der Waals surface area contributed by atoms with Crippen LogP contribution in [0.2, 0.25) is 0 Å². The summed E-state index contributed by atoms with van der Waals surface area (Å²) in [7, 11) is 0. The molecule has 0 amide bonds. The second-order valence-corrected chi connectivity index (χ2v) is 7.62. The maximum atomic E-state index is 4.08. The summed E-state index contributed by atoms with van der Waals surface area (Å²) in [4.78, 5) is 2.37. The lowest BCUT2D eigenvalue weighted by atomic mass is 9.85. The molecule has 0 spiro atoms. The first-order valence-corrected chi connectivity index (χ1v) is 14.8. The summed E-state index contributed by atoms with van der Waals surface area (Å²) in [6, 6.07) is 0. The van der Waals surface area contributed by atoms with Crippen molar-refractivity contribution in [1.29, 1.82) is 0 Å². The first kappa shape index (κ1) is 45.2. The third kappa shape index (κ3) is 26.3. The largest absolute Gasteiger partial charge is 0.0991 e. The van der Waals surface area contributed by atoms with Crippen molar-refractivity contribution in [2.75, 3.05) is 0 Å². The smallest absolute Gasteiger partial charge is 0.0118 e. The summed E-state index contributed by atoms with van der Waals surface area (Å²) in [5, 5.41) is 0. The Bertz CT molecular complexity index is 830. The third-order valence-electron chi connectivity index (χ3n) is 4.14. The second-order valence-electron chi connectivity index (χ2n) is 6.48. The zero-order valence-electron chi connectivity index (χ0n) is 26.9. The Balaban J connectivity index is -0.000000151. The average Bonchev–Trinajstić information content (AvgIpc) is 2.97. The van der Waals surface area contributed by atoms with Crippen molar-refractivity contribution in [2.24, 2.45) is 0 Å². The summed E-state index contributed by atoms with van der Waals surface area (Å²) in [5.41, 5.74) is 5.28. The normalized spacial score (nSPS) is 14.0. The van der Waals surface area contributed by atoms with Gasteiger partial charge in [0.25, 0.3) is 0 Å². The van der Waals surface area contributed by atoms with Gasteiger partial charge in [0.2, 0.25) is 0 Å². The Kier molecular flexibility index (Phi) is 46.1. The molecule has 0 saturated carbocycles. The SMILES string of the molecule is C=C/C=C\C(=C/C)SC(/C=C\C)=C/C=C.C=C/C=C\C1=C(C)CC(=C)/C(=C\C=C)C1.CC.CC.CC.CC. The summed E-state index contributed by atoms with van der Waals surface area (Å²) >= 11 is 1.71. The molecule has 1 aliphatic rings. The molecule has 1 rings (SSSR count). The maximum Gasteiger partial charge on any atom is 0.0118 e. The summed E-state index contributed by atoms with van der Waals surface area (Å²) in [6.45, 7) is 41.0. The minimum absolute atomic E-state index is 0.959. The van der Waals surface area contributed by atoms with E-state index in [0.29, 0.717) is 0 Å². The molecule has 0 unspecified atom stereocenters. The van der Waals surface area contributed by atoms with E-state index in [2.05, 4.69) is 64.1 Å². The molecular formula is C37H60S. The lowest BCUT2D eigenvalue weighted by molar-refractivity contribution is 0.972. The van der Waals surface area contributed by atoms with Gasteiger partial charge in [-0.2, -0.15) is 0 Å². The summed E-state index contributed by atoms with van der Waals surface area (Å²) in [6.07, 6.45) is 27.4. The van der Waals surface area contributed by atoms with E-state index >= 15 is 0 Å². The molecule has 214 valence electrons. The molecule has 0 aromatic rings. The molecule has 0 atom stereocenters. The predicted molar refractivity (Wildman–Crippen MR) is 188 cm³/mol. The highest BCUT2D eigenvalue weighted by Gasteiger charge is 2.13. The van der Waals surface area contributed by atoms with Crippen LogP contribution >= 0.6 is 11.8 Å². The number of allylic oxidation sites excluding steroid dienone is 17. The van der Waals surface area contributed by atoms with E-state index in [1.165, 1.54) is 32.1 Å². The molecule has 0 fully saturated rings. The van der Waals surface area contributed by atoms with Gasteiger partial charge < -0.3 is 0 Å². The summed E-state index contributed by atoms with van der Waals surface area (Å²) in [5.74, 6) is 0. The minimum atomic E-state index is 0.959. The molecule has 0 radical (unpaired) electrons. The molecule has 0 aliphatic heterocycles. The highest BCUT2D eigenvalue weighted by Crippen LogP contribution is 2.32. The highest BCUT2D eigenvalue weighted by molar-refractivity contribution is 8.07. The average molecular weight is 537 g/mol. The van der Waals surface area contributed by atoms with Crippen LogP contribution < -0.4 is 0 Å². The van der Waals surface area contributed by atoms with E-state index in [1.807, 2.05) is 106 Å². The zero-order valence-corrected chi connectivity index (χ0v) is 27.7. The Morgan fingerprint density at radius 3 is 1.68 bits per heavy atom. The van der Waals surface area contributed by atoms with Crippen molar-refractivity contribution in [2.45, 2.75) is 89.0 Å². The van der Waals surface area contributed by atoms with Crippen molar-refractivity contribution in [3.63, 3.8) is 0 Å². The molecule has 1 heteroatoms. The fraction of sp³-hybridized carbons (Fsp3) is 0.351. The Morgan fingerprint density at radius 1 is 0.711 bits per heavy atom. The maximum absolute atomic E-state index is 4.08. The van der Waals surface area contributed by atoms with Crippen molar-refractivity contribution < 1.29 is 0 Å². The fourth-order valence-electron chi connectivity index (χ4n) is 2.62. The van der Waals surface area contributed by atoms with Gasteiger partial charge in [0.1, 0.15) is 0 Å². The van der Waals surface area contributed by atoms with E-state index in [4.69, 9.17) is 0 Å². The van der Waals surface area contributed by atoms with Gasteiger partial charge in [0.05, 0.1) is 0 Å². The molecule has 1 aliphatic carbocycles. The number of hydrogen-bond donors (Lipinski definition) is 0. The van der Waals surface area contributed by atoms with E-state index in [1.54, 1.807) is 30.0 Å². The second kappa shape index (κ2) is 38.8. The molecule has 0 aromatic carbocycles. The van der Waals surface area contributed by atoms with Crippen molar-refractivity contribution in [3.05, 3.63) is 144 Å². The first-order valence-electron chi connectivity index (χ1n) is 14.0. The van der Waals surface area contributed by atoms with Crippen LogP contribution in [0.15, 0.2) is 144 Å².